The van der Waals surface area contributed by atoms with Crippen molar-refractivity contribution in [3.05, 3.63) is 214 Å². The van der Waals surface area contributed by atoms with Crippen molar-refractivity contribution in [3.63, 3.8) is 0 Å². The van der Waals surface area contributed by atoms with Gasteiger partial charge in [-0.2, -0.15) is 0 Å². The first kappa shape index (κ1) is 47.6. The van der Waals surface area contributed by atoms with Crippen LogP contribution in [0.1, 0.15) is 128 Å². The molecule has 0 fully saturated rings. The molecule has 4 aliphatic rings. The van der Waals surface area contributed by atoms with E-state index in [-0.39, 0.29) is 28.4 Å². The van der Waals surface area contributed by atoms with E-state index in [9.17, 15) is 0 Å². The zero-order valence-electron chi connectivity index (χ0n) is 48.0. The lowest BCUT2D eigenvalue weighted by Crippen LogP contribution is -2.61. The lowest BCUT2D eigenvalue weighted by molar-refractivity contribution is 0.588. The first-order valence-electron chi connectivity index (χ1n) is 28.8. The number of hydrogen-bond acceptors (Lipinski definition) is 3. The Morgan fingerprint density at radius 1 is 0.350 bits per heavy atom. The fourth-order valence-electron chi connectivity index (χ4n) is 14.7. The molecule has 3 aliphatic heterocycles. The second kappa shape index (κ2) is 15.5. The molecule has 9 aromatic carbocycles. The summed E-state index contributed by atoms with van der Waals surface area (Å²) < 4.78 is 5.42. The van der Waals surface area contributed by atoms with E-state index < -0.39 is 5.41 Å². The Bertz CT molecular complexity index is 4630. The molecule has 12 aromatic rings. The predicted octanol–water partition coefficient (Wildman–Crippen LogP) is 16.1. The molecular formula is C74H64BN5. The van der Waals surface area contributed by atoms with Gasteiger partial charge in [0.1, 0.15) is 0 Å². The summed E-state index contributed by atoms with van der Waals surface area (Å²) >= 11 is 0. The van der Waals surface area contributed by atoms with Crippen LogP contribution in [0.15, 0.2) is 170 Å². The van der Waals surface area contributed by atoms with Crippen LogP contribution in [-0.2, 0) is 27.1 Å². The Kier molecular flexibility index (Phi) is 9.24. The highest BCUT2D eigenvalue weighted by molar-refractivity contribution is 7.00. The van der Waals surface area contributed by atoms with Crippen molar-refractivity contribution in [2.24, 2.45) is 0 Å². The molecule has 388 valence electrons. The number of aromatic nitrogens is 5. The first-order chi connectivity index (χ1) is 38.2. The molecule has 0 unspecified atom stereocenters. The highest BCUT2D eigenvalue weighted by Gasteiger charge is 2.55. The standard InChI is InChI=1S/C74H64BN5/c1-70(2,3)43-31-32-60-49(33-43)50-35-45(72(7,8)9)38-58-63(50)79(60)65-53(69-77-67(41-23-15-13-16-24-41)76-68(78-69)42-25-17-14-18-26-42)40-57-66-61(65)75(58)59-39-46(73(10,11)12)36-52-51-34-44(71(4,5)6)37-56(62(51)80(66)64(52)59)74(57)54-29-21-19-27-47(54)48-28-20-22-30-55(48)74/h13-40H,1-12H3. The molecule has 0 N–H and O–H groups in total. The maximum atomic E-state index is 5.74. The highest BCUT2D eigenvalue weighted by Crippen LogP contribution is 2.63. The molecule has 16 rings (SSSR count). The predicted molar refractivity (Wildman–Crippen MR) is 335 cm³/mol. The van der Waals surface area contributed by atoms with Crippen LogP contribution < -0.4 is 16.4 Å². The quantitative estimate of drug-likeness (QED) is 0.166. The van der Waals surface area contributed by atoms with Gasteiger partial charge in [0.15, 0.2) is 17.5 Å². The van der Waals surface area contributed by atoms with Gasteiger partial charge in [0, 0.05) is 55.0 Å². The Labute approximate surface area is 469 Å². The molecule has 6 heteroatoms. The molecule has 6 heterocycles. The zero-order valence-corrected chi connectivity index (χ0v) is 48.0. The lowest BCUT2D eigenvalue weighted by atomic mass is 9.33. The average molecular weight is 1030 g/mol. The Morgan fingerprint density at radius 2 is 0.800 bits per heavy atom. The van der Waals surface area contributed by atoms with E-state index in [1.807, 2.05) is 0 Å². The molecule has 0 atom stereocenters. The molecule has 3 aromatic heterocycles. The van der Waals surface area contributed by atoms with Crippen LogP contribution in [0.2, 0.25) is 0 Å². The SMILES string of the molecule is CC(C)(C)c1ccc2c(c1)c1cc(C(C)(C)C)cc3c1n2-c1c(-c2nc(-c4ccccc4)nc(-c4ccccc4)n2)cc2c4c1B3c1cc(C(C)(C)C)cc3c5cc(C(C)(C)C)cc(c5n-4c13)C21c2ccccc2-c2ccccc21. The van der Waals surface area contributed by atoms with E-state index in [4.69, 9.17) is 15.0 Å². The van der Waals surface area contributed by atoms with Crippen LogP contribution in [0.25, 0.3) is 100 Å². The van der Waals surface area contributed by atoms with Crippen LogP contribution in [-0.4, -0.2) is 30.8 Å². The van der Waals surface area contributed by atoms with Crippen LogP contribution in [0, 0.1) is 0 Å². The monoisotopic (exact) mass is 1030 g/mol. The Morgan fingerprint density at radius 3 is 1.34 bits per heavy atom. The first-order valence-corrected chi connectivity index (χ1v) is 28.8. The van der Waals surface area contributed by atoms with Gasteiger partial charge in [-0.15, -0.1) is 0 Å². The van der Waals surface area contributed by atoms with Crippen LogP contribution in [0.3, 0.4) is 0 Å². The number of rotatable bonds is 3. The van der Waals surface area contributed by atoms with Crippen molar-refractivity contribution in [2.75, 3.05) is 0 Å². The minimum absolute atomic E-state index is 0.0657. The van der Waals surface area contributed by atoms with Crippen LogP contribution in [0.5, 0.6) is 0 Å². The summed E-state index contributed by atoms with van der Waals surface area (Å²) in [6.07, 6.45) is 0. The van der Waals surface area contributed by atoms with Crippen LogP contribution in [0.4, 0.5) is 0 Å². The summed E-state index contributed by atoms with van der Waals surface area (Å²) in [5.41, 5.74) is 26.3. The Balaban J connectivity index is 1.21. The van der Waals surface area contributed by atoms with Gasteiger partial charge in [0.2, 0.25) is 0 Å². The van der Waals surface area contributed by atoms with E-state index in [1.54, 1.807) is 0 Å². The molecule has 80 heavy (non-hydrogen) atoms. The van der Waals surface area contributed by atoms with E-state index in [1.165, 1.54) is 121 Å². The number of fused-ring (bicyclic) bond motifs is 14. The average Bonchev–Trinajstić information content (AvgIpc) is 1.59. The van der Waals surface area contributed by atoms with Crippen molar-refractivity contribution < 1.29 is 0 Å². The molecule has 5 nitrogen and oxygen atoms in total. The summed E-state index contributed by atoms with van der Waals surface area (Å²) in [4.78, 5) is 16.8. The smallest absolute Gasteiger partial charge is 0.252 e. The van der Waals surface area contributed by atoms with Crippen molar-refractivity contribution in [1.82, 2.24) is 24.1 Å². The Hall–Kier alpha value is -8.35. The minimum atomic E-state index is -0.730. The van der Waals surface area contributed by atoms with Crippen molar-refractivity contribution in [2.45, 2.75) is 110 Å². The molecule has 0 amide bonds. The van der Waals surface area contributed by atoms with E-state index >= 15 is 0 Å². The molecule has 1 aliphatic carbocycles. The fourth-order valence-corrected chi connectivity index (χ4v) is 14.7. The molecule has 0 saturated heterocycles. The van der Waals surface area contributed by atoms with Gasteiger partial charge in [0.25, 0.3) is 6.71 Å². The summed E-state index contributed by atoms with van der Waals surface area (Å²) in [6, 6.07) is 64.9. The molecule has 0 saturated carbocycles. The molecule has 1 spiro atoms. The summed E-state index contributed by atoms with van der Waals surface area (Å²) in [7, 11) is 0. The second-order valence-corrected chi connectivity index (χ2v) is 27.6. The van der Waals surface area contributed by atoms with Gasteiger partial charge < -0.3 is 9.13 Å². The summed E-state index contributed by atoms with van der Waals surface area (Å²) in [5.74, 6) is 1.95. The van der Waals surface area contributed by atoms with Crippen molar-refractivity contribution in [3.8, 4) is 56.7 Å². The maximum Gasteiger partial charge on any atom is 0.252 e. The third-order valence-corrected chi connectivity index (χ3v) is 18.7. The number of nitrogens with zero attached hydrogens (tertiary/aromatic N) is 5. The van der Waals surface area contributed by atoms with Crippen LogP contribution >= 0.6 is 0 Å². The lowest BCUT2D eigenvalue weighted by Gasteiger charge is -2.45. The zero-order chi connectivity index (χ0) is 54.9. The topological polar surface area (TPSA) is 48.5 Å². The normalized spacial score (nSPS) is 14.6. The van der Waals surface area contributed by atoms with Gasteiger partial charge in [0.05, 0.1) is 22.1 Å². The number of benzene rings is 9. The van der Waals surface area contributed by atoms with E-state index in [0.717, 1.165) is 22.4 Å². The van der Waals surface area contributed by atoms with Gasteiger partial charge in [-0.25, -0.2) is 15.0 Å². The van der Waals surface area contributed by atoms with Gasteiger partial charge in [-0.3, -0.25) is 0 Å². The number of hydrogen-bond donors (Lipinski definition) is 0. The fraction of sp³-hybridized carbons (Fsp3) is 0.230. The third kappa shape index (κ3) is 6.17. The largest absolute Gasteiger partial charge is 0.310 e. The van der Waals surface area contributed by atoms with E-state index in [0.29, 0.717) is 17.5 Å². The van der Waals surface area contributed by atoms with E-state index in [2.05, 4.69) is 262 Å². The second-order valence-electron chi connectivity index (χ2n) is 27.6. The third-order valence-electron chi connectivity index (χ3n) is 18.7. The van der Waals surface area contributed by atoms with Gasteiger partial charge in [-0.05, 0) is 130 Å². The molecule has 0 radical (unpaired) electrons. The minimum Gasteiger partial charge on any atom is -0.310 e. The maximum absolute atomic E-state index is 5.74. The molecular weight excluding hydrogens is 970 g/mol. The summed E-state index contributed by atoms with van der Waals surface area (Å²) in [6.45, 7) is 28.4. The summed E-state index contributed by atoms with van der Waals surface area (Å²) in [5, 5.41) is 5.21. The molecule has 0 bridgehead atoms. The highest BCUT2D eigenvalue weighted by atomic mass is 15.1. The van der Waals surface area contributed by atoms with Crippen molar-refractivity contribution in [1.29, 1.82) is 0 Å². The van der Waals surface area contributed by atoms with Gasteiger partial charge >= 0.3 is 0 Å². The van der Waals surface area contributed by atoms with Crippen molar-refractivity contribution >= 4 is 66.7 Å². The van der Waals surface area contributed by atoms with Gasteiger partial charge in [-0.1, -0.05) is 217 Å².